The van der Waals surface area contributed by atoms with Gasteiger partial charge in [-0.05, 0) is 31.2 Å². The number of carbonyl (C=O) groups excluding carboxylic acids is 1. The number of para-hydroxylation sites is 2. The van der Waals surface area contributed by atoms with Crippen LogP contribution in [0.3, 0.4) is 0 Å². The molecule has 0 bridgehead atoms. The van der Waals surface area contributed by atoms with Crippen LogP contribution in [0.1, 0.15) is 13.8 Å². The van der Waals surface area contributed by atoms with Gasteiger partial charge in [-0.1, -0.05) is 12.1 Å². The van der Waals surface area contributed by atoms with Crippen LogP contribution in [0.4, 0.5) is 17.2 Å². The summed E-state index contributed by atoms with van der Waals surface area (Å²) in [6, 6.07) is 11.3. The first-order chi connectivity index (χ1) is 9.69. The van der Waals surface area contributed by atoms with Crippen molar-refractivity contribution in [1.82, 2.24) is 4.98 Å². The maximum Gasteiger partial charge on any atom is 0.221 e. The van der Waals surface area contributed by atoms with E-state index in [2.05, 4.69) is 15.6 Å². The van der Waals surface area contributed by atoms with E-state index in [1.807, 2.05) is 31.2 Å². The Labute approximate surface area is 118 Å². The number of amides is 1. The van der Waals surface area contributed by atoms with E-state index in [9.17, 15) is 4.79 Å². The van der Waals surface area contributed by atoms with Crippen molar-refractivity contribution in [1.29, 1.82) is 0 Å². The number of nitrogens with one attached hydrogen (secondary N) is 2. The summed E-state index contributed by atoms with van der Waals surface area (Å²) < 4.78 is 5.54. The number of hydrogen-bond acceptors (Lipinski definition) is 4. The van der Waals surface area contributed by atoms with Gasteiger partial charge in [0.2, 0.25) is 5.91 Å². The minimum Gasteiger partial charge on any atom is -0.492 e. The number of carbonyl (C=O) groups is 1. The summed E-state index contributed by atoms with van der Waals surface area (Å²) >= 11 is 0. The van der Waals surface area contributed by atoms with Gasteiger partial charge in [-0.15, -0.1) is 0 Å². The van der Waals surface area contributed by atoms with E-state index in [-0.39, 0.29) is 5.91 Å². The van der Waals surface area contributed by atoms with Crippen molar-refractivity contribution >= 4 is 23.1 Å². The molecule has 0 unspecified atom stereocenters. The van der Waals surface area contributed by atoms with Crippen LogP contribution in [-0.4, -0.2) is 17.5 Å². The van der Waals surface area contributed by atoms with E-state index < -0.39 is 0 Å². The van der Waals surface area contributed by atoms with Gasteiger partial charge in [-0.3, -0.25) is 4.79 Å². The Bertz CT molecular complexity index is 582. The molecule has 1 amide bonds. The summed E-state index contributed by atoms with van der Waals surface area (Å²) in [6.07, 6.45) is 1.60. The number of aromatic nitrogens is 1. The van der Waals surface area contributed by atoms with E-state index in [1.165, 1.54) is 6.92 Å². The van der Waals surface area contributed by atoms with Crippen molar-refractivity contribution in [2.75, 3.05) is 17.2 Å². The van der Waals surface area contributed by atoms with E-state index in [0.717, 1.165) is 11.4 Å². The molecule has 1 aromatic heterocycles. The molecule has 0 aliphatic heterocycles. The molecule has 1 heterocycles. The molecule has 0 saturated carbocycles. The SMILES string of the molecule is CCOc1ccccc1Nc1ccc(NC(C)=O)cn1. The Kier molecular flexibility index (Phi) is 4.55. The van der Waals surface area contributed by atoms with Gasteiger partial charge in [-0.25, -0.2) is 4.98 Å². The summed E-state index contributed by atoms with van der Waals surface area (Å²) in [6.45, 7) is 4.01. The molecule has 0 fully saturated rings. The largest absolute Gasteiger partial charge is 0.492 e. The minimum absolute atomic E-state index is 0.116. The number of ether oxygens (including phenoxy) is 1. The molecule has 104 valence electrons. The first-order valence-corrected chi connectivity index (χ1v) is 6.41. The van der Waals surface area contributed by atoms with Gasteiger partial charge in [-0.2, -0.15) is 0 Å². The Hall–Kier alpha value is -2.56. The second kappa shape index (κ2) is 6.56. The first kappa shape index (κ1) is 13.9. The smallest absolute Gasteiger partial charge is 0.221 e. The zero-order valence-electron chi connectivity index (χ0n) is 11.5. The number of rotatable bonds is 5. The summed E-state index contributed by atoms with van der Waals surface area (Å²) in [5, 5.41) is 5.86. The van der Waals surface area contributed by atoms with Crippen LogP contribution in [0.2, 0.25) is 0 Å². The van der Waals surface area contributed by atoms with Crippen molar-refractivity contribution in [2.45, 2.75) is 13.8 Å². The number of hydrogen-bond donors (Lipinski definition) is 2. The van der Waals surface area contributed by atoms with Crippen LogP contribution in [0.5, 0.6) is 5.75 Å². The van der Waals surface area contributed by atoms with Gasteiger partial charge < -0.3 is 15.4 Å². The van der Waals surface area contributed by atoms with Crippen LogP contribution in [0.25, 0.3) is 0 Å². The molecule has 20 heavy (non-hydrogen) atoms. The predicted octanol–water partition coefficient (Wildman–Crippen LogP) is 3.18. The van der Waals surface area contributed by atoms with Gasteiger partial charge in [0.05, 0.1) is 24.2 Å². The van der Waals surface area contributed by atoms with Crippen LogP contribution in [0.15, 0.2) is 42.6 Å². The van der Waals surface area contributed by atoms with Gasteiger partial charge in [0, 0.05) is 6.92 Å². The molecule has 5 nitrogen and oxygen atoms in total. The molecule has 0 radical (unpaired) electrons. The van der Waals surface area contributed by atoms with E-state index in [4.69, 9.17) is 4.74 Å². The van der Waals surface area contributed by atoms with E-state index in [0.29, 0.717) is 18.1 Å². The average molecular weight is 271 g/mol. The monoisotopic (exact) mass is 271 g/mol. The standard InChI is InChI=1S/C15H17N3O2/c1-3-20-14-7-5-4-6-13(14)18-15-9-8-12(10-16-15)17-11(2)19/h4-10H,3H2,1-2H3,(H,16,18)(H,17,19). The quantitative estimate of drug-likeness (QED) is 0.876. The van der Waals surface area contributed by atoms with Crippen molar-refractivity contribution in [2.24, 2.45) is 0 Å². The fraction of sp³-hybridized carbons (Fsp3) is 0.200. The molecular weight excluding hydrogens is 254 g/mol. The second-order valence-electron chi connectivity index (χ2n) is 4.17. The highest BCUT2D eigenvalue weighted by molar-refractivity contribution is 5.88. The second-order valence-corrected chi connectivity index (χ2v) is 4.17. The normalized spacial score (nSPS) is 9.90. The maximum atomic E-state index is 10.9. The topological polar surface area (TPSA) is 63.2 Å². The van der Waals surface area contributed by atoms with Gasteiger partial charge in [0.1, 0.15) is 11.6 Å². The summed E-state index contributed by atoms with van der Waals surface area (Å²) in [5.74, 6) is 1.35. The average Bonchev–Trinajstić information content (AvgIpc) is 2.43. The number of nitrogens with zero attached hydrogens (tertiary/aromatic N) is 1. The molecule has 0 aliphatic rings. The van der Waals surface area contributed by atoms with Crippen molar-refractivity contribution in [3.63, 3.8) is 0 Å². The zero-order chi connectivity index (χ0) is 14.4. The number of anilines is 3. The number of pyridine rings is 1. The third kappa shape index (κ3) is 3.71. The molecule has 0 spiro atoms. The third-order valence-corrected chi connectivity index (χ3v) is 2.53. The van der Waals surface area contributed by atoms with Crippen LogP contribution in [-0.2, 0) is 4.79 Å². The highest BCUT2D eigenvalue weighted by atomic mass is 16.5. The van der Waals surface area contributed by atoms with Crippen molar-refractivity contribution < 1.29 is 9.53 Å². The molecule has 1 aromatic carbocycles. The molecule has 0 aliphatic carbocycles. The Morgan fingerprint density at radius 2 is 2.05 bits per heavy atom. The van der Waals surface area contributed by atoms with Gasteiger partial charge >= 0.3 is 0 Å². The van der Waals surface area contributed by atoms with E-state index in [1.54, 1.807) is 18.3 Å². The van der Waals surface area contributed by atoms with Crippen molar-refractivity contribution in [3.8, 4) is 5.75 Å². The zero-order valence-corrected chi connectivity index (χ0v) is 11.5. The van der Waals surface area contributed by atoms with Gasteiger partial charge in [0.25, 0.3) is 0 Å². The molecule has 0 saturated heterocycles. The highest BCUT2D eigenvalue weighted by Gasteiger charge is 2.03. The fourth-order valence-corrected chi connectivity index (χ4v) is 1.73. The molecule has 0 atom stereocenters. The fourth-order valence-electron chi connectivity index (χ4n) is 1.73. The summed E-state index contributed by atoms with van der Waals surface area (Å²) in [5.41, 5.74) is 1.52. The first-order valence-electron chi connectivity index (χ1n) is 6.41. The molecule has 2 rings (SSSR count). The summed E-state index contributed by atoms with van der Waals surface area (Å²) in [4.78, 5) is 15.2. The Balaban J connectivity index is 2.12. The van der Waals surface area contributed by atoms with E-state index >= 15 is 0 Å². The van der Waals surface area contributed by atoms with Crippen LogP contribution in [0, 0.1) is 0 Å². The molecule has 2 N–H and O–H groups in total. The Morgan fingerprint density at radius 3 is 2.70 bits per heavy atom. The summed E-state index contributed by atoms with van der Waals surface area (Å²) in [7, 11) is 0. The lowest BCUT2D eigenvalue weighted by Gasteiger charge is -2.11. The number of benzene rings is 1. The van der Waals surface area contributed by atoms with Crippen LogP contribution >= 0.6 is 0 Å². The lowest BCUT2D eigenvalue weighted by Crippen LogP contribution is -2.06. The highest BCUT2D eigenvalue weighted by Crippen LogP contribution is 2.26. The lowest BCUT2D eigenvalue weighted by atomic mass is 10.3. The third-order valence-electron chi connectivity index (χ3n) is 2.53. The van der Waals surface area contributed by atoms with Crippen LogP contribution < -0.4 is 15.4 Å². The molecular formula is C15H17N3O2. The Morgan fingerprint density at radius 1 is 1.25 bits per heavy atom. The lowest BCUT2D eigenvalue weighted by molar-refractivity contribution is -0.114. The van der Waals surface area contributed by atoms with Gasteiger partial charge in [0.15, 0.2) is 0 Å². The minimum atomic E-state index is -0.116. The van der Waals surface area contributed by atoms with Crippen molar-refractivity contribution in [3.05, 3.63) is 42.6 Å². The maximum absolute atomic E-state index is 10.9. The molecule has 5 heteroatoms. The molecule has 2 aromatic rings. The predicted molar refractivity (Wildman–Crippen MR) is 79.4 cm³/mol.